The number of ether oxygens (including phenoxy) is 1. The molecule has 3 aromatic heterocycles. The lowest BCUT2D eigenvalue weighted by Gasteiger charge is -2.37. The third kappa shape index (κ3) is 5.37. The Bertz CT molecular complexity index is 1170. The molecule has 5 rings (SSSR count). The Labute approximate surface area is 201 Å². The van der Waals surface area contributed by atoms with Crippen molar-refractivity contribution >= 4 is 28.9 Å². The number of nitrogens with zero attached hydrogens (tertiary/aromatic N) is 5. The Hall–Kier alpha value is -3.26. The number of anilines is 1. The number of aliphatic carboxylic acids is 1. The number of aromatic nitrogens is 5. The zero-order valence-corrected chi connectivity index (χ0v) is 19.5. The second-order valence-corrected chi connectivity index (χ2v) is 8.87. The van der Waals surface area contributed by atoms with E-state index >= 15 is 0 Å². The van der Waals surface area contributed by atoms with Crippen LogP contribution in [0.25, 0.3) is 10.6 Å². The first-order valence-corrected chi connectivity index (χ1v) is 11.8. The van der Waals surface area contributed by atoms with E-state index in [1.807, 2.05) is 23.4 Å². The first-order valence-electron chi connectivity index (χ1n) is 10.9. The molecule has 0 radical (unpaired) electrons. The van der Waals surface area contributed by atoms with Crippen LogP contribution < -0.4 is 4.90 Å². The van der Waals surface area contributed by atoms with Crippen LogP contribution in [-0.4, -0.2) is 67.4 Å². The minimum absolute atomic E-state index is 0.0627. The predicted octanol–water partition coefficient (Wildman–Crippen LogP) is 3.70. The highest BCUT2D eigenvalue weighted by molar-refractivity contribution is 7.13. The first kappa shape index (κ1) is 24.9. The number of nitrogens with one attached hydrogen (secondary N) is 1. The van der Waals surface area contributed by atoms with Crippen molar-refractivity contribution in [1.82, 2.24) is 25.0 Å². The maximum atomic E-state index is 13.1. The Balaban J connectivity index is 0.000000364. The quantitative estimate of drug-likeness (QED) is 0.534. The van der Waals surface area contributed by atoms with E-state index in [9.17, 15) is 18.0 Å². The number of carboxylic acids is 1. The second kappa shape index (κ2) is 10.2. The highest BCUT2D eigenvalue weighted by Gasteiger charge is 2.38. The van der Waals surface area contributed by atoms with Crippen molar-refractivity contribution in [3.8, 4) is 10.6 Å². The van der Waals surface area contributed by atoms with Crippen molar-refractivity contribution in [3.05, 3.63) is 35.4 Å². The summed E-state index contributed by atoms with van der Waals surface area (Å²) in [5.41, 5.74) is 3.45. The van der Waals surface area contributed by atoms with Crippen LogP contribution >= 0.6 is 11.3 Å². The molecular formula is C21H23F3N6O4S. The third-order valence-corrected chi connectivity index (χ3v) is 6.63. The van der Waals surface area contributed by atoms with E-state index in [0.29, 0.717) is 24.4 Å². The van der Waals surface area contributed by atoms with Crippen LogP contribution in [0.4, 0.5) is 18.9 Å². The van der Waals surface area contributed by atoms with Crippen molar-refractivity contribution in [3.63, 3.8) is 0 Å². The van der Waals surface area contributed by atoms with Crippen LogP contribution in [0, 0.1) is 0 Å². The molecule has 1 aliphatic heterocycles. The summed E-state index contributed by atoms with van der Waals surface area (Å²) in [4.78, 5) is 28.4. The average molecular weight is 513 g/mol. The Morgan fingerprint density at radius 1 is 1.31 bits per heavy atom. The van der Waals surface area contributed by atoms with Crippen LogP contribution in [0.15, 0.2) is 24.0 Å². The van der Waals surface area contributed by atoms with E-state index in [4.69, 9.17) is 14.6 Å². The number of H-pyrrole nitrogens is 1. The number of carboxylic acid groups (broad SMARTS) is 1. The van der Waals surface area contributed by atoms with E-state index in [1.54, 1.807) is 12.4 Å². The van der Waals surface area contributed by atoms with Gasteiger partial charge in [-0.2, -0.15) is 23.4 Å². The monoisotopic (exact) mass is 512 g/mol. The molecule has 0 saturated heterocycles. The van der Waals surface area contributed by atoms with Gasteiger partial charge in [-0.3, -0.25) is 14.6 Å². The van der Waals surface area contributed by atoms with E-state index in [-0.39, 0.29) is 5.91 Å². The van der Waals surface area contributed by atoms with Gasteiger partial charge in [0.1, 0.15) is 10.7 Å². The summed E-state index contributed by atoms with van der Waals surface area (Å²) in [7, 11) is 0. The fourth-order valence-corrected chi connectivity index (χ4v) is 4.79. The van der Waals surface area contributed by atoms with Gasteiger partial charge in [-0.15, -0.1) is 11.3 Å². The number of rotatable bonds is 5. The number of halogens is 3. The molecule has 188 valence electrons. The third-order valence-electron chi connectivity index (χ3n) is 5.74. The molecule has 10 nitrogen and oxygen atoms in total. The van der Waals surface area contributed by atoms with Crippen LogP contribution in [0.3, 0.4) is 0 Å². The molecule has 1 fully saturated rings. The number of amides is 1. The van der Waals surface area contributed by atoms with E-state index < -0.39 is 12.1 Å². The Morgan fingerprint density at radius 3 is 2.69 bits per heavy atom. The molecule has 4 heterocycles. The second-order valence-electron chi connectivity index (χ2n) is 8.01. The molecule has 1 amide bonds. The maximum Gasteiger partial charge on any atom is 0.490 e. The number of thiazole rings is 1. The van der Waals surface area contributed by atoms with Crippen LogP contribution in [0.1, 0.15) is 48.4 Å². The van der Waals surface area contributed by atoms with Crippen LogP contribution in [0.2, 0.25) is 0 Å². The molecule has 3 aromatic rings. The summed E-state index contributed by atoms with van der Waals surface area (Å²) < 4.78 is 39.5. The molecule has 14 heteroatoms. The topological polar surface area (TPSA) is 126 Å². The SMILES string of the molecule is CCOC1CC(n2ncc3c2CCCN3C(=O)c2csc(-c3cn[nH]c3)n2)C1.O=C(O)C(F)(F)F. The molecule has 0 unspecified atom stereocenters. The van der Waals surface area contributed by atoms with Crippen molar-refractivity contribution in [1.29, 1.82) is 0 Å². The average Bonchev–Trinajstić information content (AvgIpc) is 3.55. The Morgan fingerprint density at radius 2 is 2.06 bits per heavy atom. The molecule has 1 saturated carbocycles. The normalized spacial score (nSPS) is 19.4. The summed E-state index contributed by atoms with van der Waals surface area (Å²) in [6.45, 7) is 3.48. The number of aromatic amines is 1. The van der Waals surface area contributed by atoms with Gasteiger partial charge in [-0.1, -0.05) is 0 Å². The minimum Gasteiger partial charge on any atom is -0.475 e. The van der Waals surface area contributed by atoms with Crippen LogP contribution in [0.5, 0.6) is 0 Å². The van der Waals surface area contributed by atoms with E-state index in [0.717, 1.165) is 54.2 Å². The van der Waals surface area contributed by atoms with Crippen LogP contribution in [-0.2, 0) is 16.0 Å². The molecule has 0 bridgehead atoms. The van der Waals surface area contributed by atoms with Gasteiger partial charge < -0.3 is 14.7 Å². The number of hydrogen-bond donors (Lipinski definition) is 2. The van der Waals surface area contributed by atoms with E-state index in [2.05, 4.69) is 25.0 Å². The smallest absolute Gasteiger partial charge is 0.475 e. The highest BCUT2D eigenvalue weighted by atomic mass is 32.1. The molecule has 0 aromatic carbocycles. The number of fused-ring (bicyclic) bond motifs is 1. The molecule has 0 spiro atoms. The molecule has 1 aliphatic carbocycles. The van der Waals surface area contributed by atoms with Gasteiger partial charge in [0.15, 0.2) is 0 Å². The summed E-state index contributed by atoms with van der Waals surface area (Å²) in [5, 5.41) is 21.1. The van der Waals surface area contributed by atoms with Gasteiger partial charge in [0, 0.05) is 30.3 Å². The fourth-order valence-electron chi connectivity index (χ4n) is 4.02. The maximum absolute atomic E-state index is 13.1. The lowest BCUT2D eigenvalue weighted by Crippen LogP contribution is -2.38. The van der Waals surface area contributed by atoms with Gasteiger partial charge in [0.05, 0.1) is 35.9 Å². The zero-order valence-electron chi connectivity index (χ0n) is 18.7. The lowest BCUT2D eigenvalue weighted by atomic mass is 9.89. The number of carbonyl (C=O) groups is 2. The van der Waals surface area contributed by atoms with Gasteiger partial charge in [-0.25, -0.2) is 9.78 Å². The molecule has 2 aliphatic rings. The van der Waals surface area contributed by atoms with Gasteiger partial charge >= 0.3 is 12.1 Å². The molecule has 0 atom stereocenters. The summed E-state index contributed by atoms with van der Waals surface area (Å²) in [5.74, 6) is -2.82. The molecular weight excluding hydrogens is 489 g/mol. The standard InChI is InChI=1S/C19H22N6O2S.C2HF3O2/c1-2-27-14-6-13(7-14)25-16-4-3-5-24(17(16)10-22-25)19(26)15-11-28-18(23-15)12-8-20-21-9-12;3-2(4,5)1(6)7/h8-11,13-14H,2-7H2,1H3,(H,20,21);(H,6,7). The summed E-state index contributed by atoms with van der Waals surface area (Å²) >= 11 is 1.46. The van der Waals surface area contributed by atoms with Gasteiger partial charge in [0.2, 0.25) is 0 Å². The van der Waals surface area contributed by atoms with Crippen molar-refractivity contribution in [2.75, 3.05) is 18.1 Å². The summed E-state index contributed by atoms with van der Waals surface area (Å²) in [6.07, 6.45) is 4.47. The summed E-state index contributed by atoms with van der Waals surface area (Å²) in [6, 6.07) is 0.377. The van der Waals surface area contributed by atoms with Crippen molar-refractivity contribution < 1.29 is 32.6 Å². The van der Waals surface area contributed by atoms with Gasteiger partial charge in [-0.05, 0) is 32.6 Å². The number of hydrogen-bond acceptors (Lipinski definition) is 7. The number of alkyl halides is 3. The van der Waals surface area contributed by atoms with Gasteiger partial charge in [0.25, 0.3) is 5.91 Å². The largest absolute Gasteiger partial charge is 0.490 e. The van der Waals surface area contributed by atoms with Crippen molar-refractivity contribution in [2.45, 2.75) is 50.9 Å². The number of carbonyl (C=O) groups excluding carboxylic acids is 1. The van der Waals surface area contributed by atoms with Crippen molar-refractivity contribution in [2.24, 2.45) is 0 Å². The van der Waals surface area contributed by atoms with E-state index in [1.165, 1.54) is 11.3 Å². The predicted molar refractivity (Wildman–Crippen MR) is 119 cm³/mol. The Kier molecular flexibility index (Phi) is 7.21. The molecule has 35 heavy (non-hydrogen) atoms. The lowest BCUT2D eigenvalue weighted by molar-refractivity contribution is -0.192. The zero-order chi connectivity index (χ0) is 25.2. The fraction of sp³-hybridized carbons (Fsp3) is 0.476. The molecule has 2 N–H and O–H groups in total. The highest BCUT2D eigenvalue weighted by Crippen LogP contribution is 2.39. The minimum atomic E-state index is -5.08. The first-order chi connectivity index (χ1) is 16.7.